The molecule has 0 atom stereocenters. The molecule has 0 radical (unpaired) electrons. The third kappa shape index (κ3) is 5.64. The molecule has 0 aliphatic carbocycles. The van der Waals surface area contributed by atoms with Crippen LogP contribution in [0.1, 0.15) is 47.0 Å². The summed E-state index contributed by atoms with van der Waals surface area (Å²) >= 11 is 2.02. The average Bonchev–Trinajstić information content (AvgIpc) is 2.29. The predicted molar refractivity (Wildman–Crippen MR) is 80.8 cm³/mol. The molecule has 1 aliphatic rings. The Morgan fingerprint density at radius 1 is 1.17 bits per heavy atom. The van der Waals surface area contributed by atoms with Crippen molar-refractivity contribution in [2.45, 2.75) is 47.0 Å². The van der Waals surface area contributed by atoms with Crippen LogP contribution in [0, 0.1) is 23.7 Å². The first-order valence-electron chi connectivity index (χ1n) is 7.35. The summed E-state index contributed by atoms with van der Waals surface area (Å²) in [6.45, 7) is 9.82. The SMILES string of the molecule is CC(C)C(CNC(=O)CC1CCSCC1)C(C)C. The molecular weight excluding hydrogens is 242 g/mol. The van der Waals surface area contributed by atoms with Gasteiger partial charge in [0.15, 0.2) is 0 Å². The van der Waals surface area contributed by atoms with Crippen molar-refractivity contribution in [2.24, 2.45) is 23.7 Å². The second-order valence-corrected chi connectivity index (χ2v) is 7.44. The minimum absolute atomic E-state index is 0.262. The Morgan fingerprint density at radius 2 is 1.72 bits per heavy atom. The van der Waals surface area contributed by atoms with Crippen LogP contribution in [0.3, 0.4) is 0 Å². The maximum absolute atomic E-state index is 11.9. The van der Waals surface area contributed by atoms with Crippen molar-refractivity contribution in [1.29, 1.82) is 0 Å². The molecule has 0 spiro atoms. The molecule has 1 fully saturated rings. The van der Waals surface area contributed by atoms with E-state index in [0.717, 1.165) is 13.0 Å². The van der Waals surface area contributed by atoms with Gasteiger partial charge >= 0.3 is 0 Å². The average molecular weight is 271 g/mol. The number of carbonyl (C=O) groups excluding carboxylic acids is 1. The van der Waals surface area contributed by atoms with E-state index in [1.165, 1.54) is 24.3 Å². The fraction of sp³-hybridized carbons (Fsp3) is 0.933. The second-order valence-electron chi connectivity index (χ2n) is 6.22. The summed E-state index contributed by atoms with van der Waals surface area (Å²) in [5.74, 6) is 5.22. The van der Waals surface area contributed by atoms with Crippen molar-refractivity contribution < 1.29 is 4.79 Å². The Morgan fingerprint density at radius 3 is 2.22 bits per heavy atom. The number of rotatable bonds is 6. The molecule has 0 saturated carbocycles. The highest BCUT2D eigenvalue weighted by Gasteiger charge is 2.20. The van der Waals surface area contributed by atoms with Gasteiger partial charge in [-0.15, -0.1) is 0 Å². The van der Waals surface area contributed by atoms with E-state index >= 15 is 0 Å². The van der Waals surface area contributed by atoms with Crippen LogP contribution in [0.4, 0.5) is 0 Å². The van der Waals surface area contributed by atoms with Gasteiger partial charge in [-0.05, 0) is 48.0 Å². The molecule has 0 aromatic carbocycles. The van der Waals surface area contributed by atoms with Gasteiger partial charge in [0, 0.05) is 13.0 Å². The summed E-state index contributed by atoms with van der Waals surface area (Å²) in [4.78, 5) is 11.9. The monoisotopic (exact) mass is 271 g/mol. The molecule has 1 amide bonds. The van der Waals surface area contributed by atoms with E-state index in [9.17, 15) is 4.79 Å². The summed E-state index contributed by atoms with van der Waals surface area (Å²) in [6.07, 6.45) is 3.18. The highest BCUT2D eigenvalue weighted by Crippen LogP contribution is 2.25. The summed E-state index contributed by atoms with van der Waals surface area (Å²) in [7, 11) is 0. The van der Waals surface area contributed by atoms with Crippen molar-refractivity contribution >= 4 is 17.7 Å². The van der Waals surface area contributed by atoms with Crippen LogP contribution in [0.15, 0.2) is 0 Å². The Kier molecular flexibility index (Phi) is 7.13. The first-order valence-corrected chi connectivity index (χ1v) is 8.50. The Hall–Kier alpha value is -0.180. The van der Waals surface area contributed by atoms with Gasteiger partial charge in [-0.1, -0.05) is 27.7 Å². The molecule has 1 heterocycles. The van der Waals surface area contributed by atoms with Gasteiger partial charge in [-0.2, -0.15) is 11.8 Å². The lowest BCUT2D eigenvalue weighted by atomic mass is 9.85. The smallest absolute Gasteiger partial charge is 0.220 e. The summed E-state index contributed by atoms with van der Waals surface area (Å²) in [5.41, 5.74) is 0. The number of thioether (sulfide) groups is 1. The molecule has 1 N–H and O–H groups in total. The van der Waals surface area contributed by atoms with Crippen LogP contribution in [-0.4, -0.2) is 24.0 Å². The standard InChI is InChI=1S/C15H29NOS/c1-11(2)14(12(3)4)10-16-15(17)9-13-5-7-18-8-6-13/h11-14H,5-10H2,1-4H3,(H,16,17). The first kappa shape index (κ1) is 15.9. The Balaban J connectivity index is 2.26. The van der Waals surface area contributed by atoms with E-state index in [4.69, 9.17) is 0 Å². The van der Waals surface area contributed by atoms with Gasteiger partial charge in [0.25, 0.3) is 0 Å². The molecule has 0 unspecified atom stereocenters. The van der Waals surface area contributed by atoms with Crippen molar-refractivity contribution in [3.63, 3.8) is 0 Å². The van der Waals surface area contributed by atoms with Crippen LogP contribution in [0.25, 0.3) is 0 Å². The van der Waals surface area contributed by atoms with Gasteiger partial charge in [-0.25, -0.2) is 0 Å². The molecule has 106 valence electrons. The number of hydrogen-bond donors (Lipinski definition) is 1. The minimum atomic E-state index is 0.262. The van der Waals surface area contributed by atoms with E-state index < -0.39 is 0 Å². The van der Waals surface area contributed by atoms with Crippen molar-refractivity contribution in [1.82, 2.24) is 5.32 Å². The van der Waals surface area contributed by atoms with Gasteiger partial charge in [0.05, 0.1) is 0 Å². The fourth-order valence-electron chi connectivity index (χ4n) is 2.76. The van der Waals surface area contributed by atoms with Gasteiger partial charge in [0.2, 0.25) is 5.91 Å². The molecule has 18 heavy (non-hydrogen) atoms. The van der Waals surface area contributed by atoms with Crippen LogP contribution in [0.5, 0.6) is 0 Å². The quantitative estimate of drug-likeness (QED) is 0.800. The number of amides is 1. The minimum Gasteiger partial charge on any atom is -0.356 e. The zero-order chi connectivity index (χ0) is 13.5. The van der Waals surface area contributed by atoms with Crippen LogP contribution < -0.4 is 5.32 Å². The molecule has 0 bridgehead atoms. The highest BCUT2D eigenvalue weighted by atomic mass is 32.2. The lowest BCUT2D eigenvalue weighted by Crippen LogP contribution is -2.35. The zero-order valence-electron chi connectivity index (χ0n) is 12.4. The fourth-order valence-corrected chi connectivity index (χ4v) is 3.96. The third-order valence-corrected chi connectivity index (χ3v) is 5.11. The Labute approximate surface area is 117 Å². The van der Waals surface area contributed by atoms with E-state index in [1.54, 1.807) is 0 Å². The van der Waals surface area contributed by atoms with Gasteiger partial charge in [0.1, 0.15) is 0 Å². The van der Waals surface area contributed by atoms with E-state index in [2.05, 4.69) is 33.0 Å². The maximum Gasteiger partial charge on any atom is 0.220 e. The van der Waals surface area contributed by atoms with Crippen molar-refractivity contribution in [3.8, 4) is 0 Å². The zero-order valence-corrected chi connectivity index (χ0v) is 13.2. The van der Waals surface area contributed by atoms with Crippen LogP contribution in [0.2, 0.25) is 0 Å². The van der Waals surface area contributed by atoms with Crippen molar-refractivity contribution in [3.05, 3.63) is 0 Å². The molecule has 0 aromatic heterocycles. The number of nitrogens with one attached hydrogen (secondary N) is 1. The summed E-state index contributed by atoms with van der Waals surface area (Å²) in [6, 6.07) is 0. The highest BCUT2D eigenvalue weighted by molar-refractivity contribution is 7.99. The van der Waals surface area contributed by atoms with Crippen LogP contribution >= 0.6 is 11.8 Å². The summed E-state index contributed by atoms with van der Waals surface area (Å²) in [5, 5.41) is 3.15. The molecule has 0 aromatic rings. The molecular formula is C15H29NOS. The summed E-state index contributed by atoms with van der Waals surface area (Å²) < 4.78 is 0. The maximum atomic E-state index is 11.9. The van der Waals surface area contributed by atoms with E-state index in [0.29, 0.717) is 23.7 Å². The molecule has 1 rings (SSSR count). The molecule has 2 nitrogen and oxygen atoms in total. The topological polar surface area (TPSA) is 29.1 Å². The lowest BCUT2D eigenvalue weighted by molar-refractivity contribution is -0.122. The normalized spacial score (nSPS) is 17.7. The number of hydrogen-bond acceptors (Lipinski definition) is 2. The number of carbonyl (C=O) groups is 1. The van der Waals surface area contributed by atoms with E-state index in [1.807, 2.05) is 11.8 Å². The molecule has 3 heteroatoms. The third-order valence-electron chi connectivity index (χ3n) is 4.06. The molecule has 1 saturated heterocycles. The molecule has 1 aliphatic heterocycles. The largest absolute Gasteiger partial charge is 0.356 e. The van der Waals surface area contributed by atoms with Crippen molar-refractivity contribution in [2.75, 3.05) is 18.1 Å². The lowest BCUT2D eigenvalue weighted by Gasteiger charge is -2.26. The van der Waals surface area contributed by atoms with Gasteiger partial charge < -0.3 is 5.32 Å². The van der Waals surface area contributed by atoms with Crippen LogP contribution in [-0.2, 0) is 4.79 Å². The predicted octanol–water partition coefficient (Wildman–Crippen LogP) is 3.56. The van der Waals surface area contributed by atoms with E-state index in [-0.39, 0.29) is 5.91 Å². The second kappa shape index (κ2) is 8.08. The van der Waals surface area contributed by atoms with Gasteiger partial charge in [-0.3, -0.25) is 4.79 Å². The first-order chi connectivity index (χ1) is 8.50. The Bertz CT molecular complexity index is 239.